The molecular weight excluding hydrogens is 572 g/mol. The number of carbonyl (C=O) groups excluding carboxylic acids is 4. The van der Waals surface area contributed by atoms with Crippen LogP contribution in [0.3, 0.4) is 0 Å². The van der Waals surface area contributed by atoms with Gasteiger partial charge in [-0.2, -0.15) is 0 Å². The Hall–Kier alpha value is -4.92. The van der Waals surface area contributed by atoms with Crippen LogP contribution in [-0.4, -0.2) is 61.8 Å². The molecule has 230 valence electrons. The highest BCUT2D eigenvalue weighted by Crippen LogP contribution is 2.58. The van der Waals surface area contributed by atoms with Gasteiger partial charge < -0.3 is 15.3 Å². The number of hydrogen-bond donors (Lipinski definition) is 3. The molecule has 0 radical (unpaired) electrons. The molecular formula is C36H34N2O7. The van der Waals surface area contributed by atoms with Crippen LogP contribution in [0.25, 0.3) is 0 Å². The average Bonchev–Trinajstić information content (AvgIpc) is 3.43. The van der Waals surface area contributed by atoms with Gasteiger partial charge >= 0.3 is 0 Å². The van der Waals surface area contributed by atoms with Gasteiger partial charge in [0.2, 0.25) is 23.6 Å². The van der Waals surface area contributed by atoms with Crippen LogP contribution in [0.4, 0.5) is 0 Å². The number of carbonyl (C=O) groups is 4. The molecule has 4 aliphatic rings. The van der Waals surface area contributed by atoms with Crippen LogP contribution in [0.1, 0.15) is 35.4 Å². The van der Waals surface area contributed by atoms with Gasteiger partial charge in [-0.15, -0.1) is 0 Å². The lowest BCUT2D eigenvalue weighted by Gasteiger charge is -2.44. The van der Waals surface area contributed by atoms with E-state index < -0.39 is 35.5 Å². The van der Waals surface area contributed by atoms with Crippen molar-refractivity contribution in [2.45, 2.75) is 31.6 Å². The van der Waals surface area contributed by atoms with Crippen LogP contribution < -0.4 is 0 Å². The Labute approximate surface area is 260 Å². The molecule has 0 spiro atoms. The number of amides is 4. The number of likely N-dealkylation sites (tertiary alicyclic amines) is 2. The summed E-state index contributed by atoms with van der Waals surface area (Å²) >= 11 is 0. The van der Waals surface area contributed by atoms with Crippen LogP contribution >= 0.6 is 0 Å². The molecule has 0 aromatic heterocycles. The van der Waals surface area contributed by atoms with Crippen molar-refractivity contribution in [3.8, 4) is 17.2 Å². The Balaban J connectivity index is 1.19. The molecule has 6 atom stereocenters. The first-order chi connectivity index (χ1) is 21.7. The maximum Gasteiger partial charge on any atom is 0.234 e. The molecule has 2 aliphatic carbocycles. The minimum Gasteiger partial charge on any atom is -0.508 e. The SMILES string of the molecule is O=C1C2CC=C3C(CC4C(=O)N(CCc5ccc(O)cc5)C(=O)C4C3c3ccccc3O)C2C(=O)N1CCc1ccc(O)cc1. The molecule has 7 rings (SSSR count). The number of hydrogen-bond acceptors (Lipinski definition) is 7. The second-order valence-electron chi connectivity index (χ2n) is 12.6. The van der Waals surface area contributed by atoms with Crippen molar-refractivity contribution in [3.63, 3.8) is 0 Å². The molecule has 9 heteroatoms. The highest BCUT2D eigenvalue weighted by Gasteiger charge is 2.62. The van der Waals surface area contributed by atoms with Gasteiger partial charge in [-0.3, -0.25) is 29.0 Å². The number of nitrogens with zero attached hydrogens (tertiary/aromatic N) is 2. The van der Waals surface area contributed by atoms with E-state index in [1.807, 2.05) is 6.08 Å². The van der Waals surface area contributed by atoms with E-state index in [1.165, 1.54) is 9.80 Å². The molecule has 3 aromatic rings. The minimum absolute atomic E-state index is 0.0251. The van der Waals surface area contributed by atoms with Gasteiger partial charge in [0.1, 0.15) is 17.2 Å². The fourth-order valence-corrected chi connectivity index (χ4v) is 8.07. The molecule has 3 aromatic carbocycles. The van der Waals surface area contributed by atoms with Gasteiger partial charge in [-0.05, 0) is 73.1 Å². The van der Waals surface area contributed by atoms with Crippen molar-refractivity contribution < 1.29 is 34.5 Å². The Bertz CT molecular complexity index is 1710. The zero-order chi connectivity index (χ0) is 31.4. The molecule has 0 bridgehead atoms. The number of imide groups is 2. The van der Waals surface area contributed by atoms with Crippen molar-refractivity contribution in [1.29, 1.82) is 0 Å². The number of aromatic hydroxyl groups is 3. The Morgan fingerprint density at radius 2 is 1.13 bits per heavy atom. The molecule has 45 heavy (non-hydrogen) atoms. The maximum atomic E-state index is 14.0. The quantitative estimate of drug-likeness (QED) is 0.274. The number of phenols is 3. The van der Waals surface area contributed by atoms with Gasteiger partial charge in [-0.1, -0.05) is 54.1 Å². The summed E-state index contributed by atoms with van der Waals surface area (Å²) in [6, 6.07) is 20.2. The normalized spacial score (nSPS) is 27.3. The first-order valence-electron chi connectivity index (χ1n) is 15.5. The van der Waals surface area contributed by atoms with Crippen LogP contribution in [-0.2, 0) is 32.0 Å². The highest BCUT2D eigenvalue weighted by molar-refractivity contribution is 6.08. The molecule has 2 heterocycles. The molecule has 3 N–H and O–H groups in total. The zero-order valence-electron chi connectivity index (χ0n) is 24.6. The lowest BCUT2D eigenvalue weighted by molar-refractivity contribution is -0.142. The van der Waals surface area contributed by atoms with E-state index in [9.17, 15) is 34.5 Å². The fraction of sp³-hybridized carbons (Fsp3) is 0.333. The van der Waals surface area contributed by atoms with Crippen molar-refractivity contribution in [2.24, 2.45) is 29.6 Å². The fourth-order valence-electron chi connectivity index (χ4n) is 8.07. The van der Waals surface area contributed by atoms with Crippen molar-refractivity contribution >= 4 is 23.6 Å². The smallest absolute Gasteiger partial charge is 0.234 e. The van der Waals surface area contributed by atoms with Crippen LogP contribution in [0.5, 0.6) is 17.2 Å². The first kappa shape index (κ1) is 28.8. The minimum atomic E-state index is -0.720. The number of allylic oxidation sites excluding steroid dienone is 2. The number of rotatable bonds is 7. The number of para-hydroxylation sites is 1. The van der Waals surface area contributed by atoms with Crippen LogP contribution in [0, 0.1) is 29.6 Å². The second-order valence-corrected chi connectivity index (χ2v) is 12.6. The summed E-state index contributed by atoms with van der Waals surface area (Å²) in [5.41, 5.74) is 3.17. The maximum absolute atomic E-state index is 14.0. The van der Waals surface area contributed by atoms with Gasteiger partial charge in [0.05, 0.1) is 23.7 Å². The number of phenolic OH excluding ortho intramolecular Hbond substituents is 3. The Kier molecular flexibility index (Phi) is 7.19. The standard InChI is InChI=1S/C36H34N2O7/c39-22-9-5-20(6-10-22)15-17-37-33(42)26-14-13-24-27(31(26)35(37)44)19-28-32(30(24)25-3-1-2-4-29(25)41)36(45)38(34(28)43)18-16-21-7-11-23(40)12-8-21/h1-13,26-28,30-32,39-41H,14-19H2. The third-order valence-electron chi connectivity index (χ3n) is 10.2. The molecule has 3 fully saturated rings. The topological polar surface area (TPSA) is 135 Å². The summed E-state index contributed by atoms with van der Waals surface area (Å²) < 4.78 is 0. The van der Waals surface area contributed by atoms with E-state index in [1.54, 1.807) is 72.8 Å². The van der Waals surface area contributed by atoms with E-state index >= 15 is 0 Å². The summed E-state index contributed by atoms with van der Waals surface area (Å²) in [5.74, 6) is -4.34. The molecule has 9 nitrogen and oxygen atoms in total. The molecule has 6 unspecified atom stereocenters. The Morgan fingerprint density at radius 3 is 1.71 bits per heavy atom. The van der Waals surface area contributed by atoms with E-state index in [0.29, 0.717) is 24.8 Å². The lowest BCUT2D eigenvalue weighted by Crippen LogP contribution is -2.43. The predicted octanol–water partition coefficient (Wildman–Crippen LogP) is 3.92. The van der Waals surface area contributed by atoms with Crippen molar-refractivity contribution in [3.05, 3.63) is 101 Å². The van der Waals surface area contributed by atoms with Crippen molar-refractivity contribution in [1.82, 2.24) is 9.80 Å². The Morgan fingerprint density at radius 1 is 0.600 bits per heavy atom. The molecule has 4 amide bonds. The van der Waals surface area contributed by atoms with Gasteiger partial charge in [0.25, 0.3) is 0 Å². The molecule has 1 saturated carbocycles. The van der Waals surface area contributed by atoms with Crippen LogP contribution in [0.2, 0.25) is 0 Å². The van der Waals surface area contributed by atoms with Gasteiger partial charge in [0.15, 0.2) is 0 Å². The third kappa shape index (κ3) is 4.87. The number of benzene rings is 3. The van der Waals surface area contributed by atoms with E-state index in [-0.39, 0.29) is 60.4 Å². The third-order valence-corrected chi connectivity index (χ3v) is 10.2. The van der Waals surface area contributed by atoms with E-state index in [2.05, 4.69) is 0 Å². The van der Waals surface area contributed by atoms with Crippen LogP contribution in [0.15, 0.2) is 84.4 Å². The number of fused-ring (bicyclic) bond motifs is 4. The van der Waals surface area contributed by atoms with E-state index in [4.69, 9.17) is 0 Å². The second kappa shape index (κ2) is 11.2. The summed E-state index contributed by atoms with van der Waals surface area (Å²) in [5, 5.41) is 30.2. The first-order valence-corrected chi connectivity index (χ1v) is 15.5. The highest BCUT2D eigenvalue weighted by atomic mass is 16.3. The molecule has 2 aliphatic heterocycles. The predicted molar refractivity (Wildman–Crippen MR) is 163 cm³/mol. The van der Waals surface area contributed by atoms with E-state index in [0.717, 1.165) is 16.7 Å². The zero-order valence-corrected chi connectivity index (χ0v) is 24.6. The lowest BCUT2D eigenvalue weighted by atomic mass is 9.57. The molecule has 2 saturated heterocycles. The largest absolute Gasteiger partial charge is 0.508 e. The summed E-state index contributed by atoms with van der Waals surface area (Å²) in [6.45, 7) is 0.399. The summed E-state index contributed by atoms with van der Waals surface area (Å²) in [4.78, 5) is 58.2. The van der Waals surface area contributed by atoms with Gasteiger partial charge in [0, 0.05) is 24.6 Å². The summed E-state index contributed by atoms with van der Waals surface area (Å²) in [6.07, 6.45) is 3.50. The van der Waals surface area contributed by atoms with Crippen molar-refractivity contribution in [2.75, 3.05) is 13.1 Å². The monoisotopic (exact) mass is 606 g/mol. The van der Waals surface area contributed by atoms with Gasteiger partial charge in [-0.25, -0.2) is 0 Å². The average molecular weight is 607 g/mol. The summed E-state index contributed by atoms with van der Waals surface area (Å²) in [7, 11) is 0.